The Morgan fingerprint density at radius 3 is 2.86 bits per heavy atom. The van der Waals surface area contributed by atoms with Crippen LogP contribution in [0, 0.1) is 5.92 Å². The summed E-state index contributed by atoms with van der Waals surface area (Å²) in [6.45, 7) is 0.695. The van der Waals surface area contributed by atoms with E-state index in [1.807, 2.05) is 18.2 Å². The molecule has 0 radical (unpaired) electrons. The van der Waals surface area contributed by atoms with Gasteiger partial charge in [-0.3, -0.25) is 9.69 Å². The molecule has 22 heavy (non-hydrogen) atoms. The number of ether oxygens (including phenoxy) is 1. The number of nitrogens with zero attached hydrogens (tertiary/aromatic N) is 1. The maximum atomic E-state index is 11.6. The van der Waals surface area contributed by atoms with Gasteiger partial charge in [0.05, 0.1) is 11.6 Å². The van der Waals surface area contributed by atoms with Crippen molar-refractivity contribution in [3.8, 4) is 5.75 Å². The van der Waals surface area contributed by atoms with Crippen molar-refractivity contribution < 1.29 is 14.6 Å². The molecular formula is C17H22BrNO3. The fraction of sp³-hybridized carbons (Fsp3) is 0.588. The number of fused-ring (bicyclic) bond motifs is 1. The number of rotatable bonds is 4. The van der Waals surface area contributed by atoms with Crippen LogP contribution in [0.3, 0.4) is 0 Å². The first kappa shape index (κ1) is 15.8. The van der Waals surface area contributed by atoms with Crippen LogP contribution in [0.1, 0.15) is 37.7 Å². The first-order valence-electron chi connectivity index (χ1n) is 7.91. The molecule has 0 bridgehead atoms. The molecule has 3 rings (SSSR count). The maximum Gasteiger partial charge on any atom is 0.320 e. The number of benzene rings is 1. The molecule has 1 saturated heterocycles. The van der Waals surface area contributed by atoms with Gasteiger partial charge in [-0.05, 0) is 58.8 Å². The fourth-order valence-electron chi connectivity index (χ4n) is 4.04. The minimum Gasteiger partial charge on any atom is -0.496 e. The highest BCUT2D eigenvalue weighted by Gasteiger charge is 2.44. The van der Waals surface area contributed by atoms with Crippen LogP contribution in [-0.4, -0.2) is 35.2 Å². The zero-order valence-corrected chi connectivity index (χ0v) is 14.4. The summed E-state index contributed by atoms with van der Waals surface area (Å²) >= 11 is 3.51. The predicted molar refractivity (Wildman–Crippen MR) is 88.0 cm³/mol. The summed E-state index contributed by atoms with van der Waals surface area (Å²) in [5.74, 6) is 0.675. The van der Waals surface area contributed by atoms with Gasteiger partial charge < -0.3 is 9.84 Å². The molecule has 1 aliphatic heterocycles. The first-order chi connectivity index (χ1) is 10.6. The van der Waals surface area contributed by atoms with Gasteiger partial charge in [-0.1, -0.05) is 18.9 Å². The van der Waals surface area contributed by atoms with E-state index in [4.69, 9.17) is 4.74 Å². The Bertz CT molecular complexity index is 563. The van der Waals surface area contributed by atoms with Gasteiger partial charge in [-0.2, -0.15) is 0 Å². The molecule has 5 heteroatoms. The topological polar surface area (TPSA) is 49.8 Å². The molecule has 3 atom stereocenters. The van der Waals surface area contributed by atoms with Crippen LogP contribution in [-0.2, 0) is 11.3 Å². The largest absolute Gasteiger partial charge is 0.496 e. The third-order valence-corrected chi connectivity index (χ3v) is 5.71. The molecule has 1 aliphatic carbocycles. The molecule has 1 heterocycles. The molecule has 120 valence electrons. The number of hydrogen-bond donors (Lipinski definition) is 1. The highest BCUT2D eigenvalue weighted by Crippen LogP contribution is 2.40. The van der Waals surface area contributed by atoms with Crippen LogP contribution in [0.5, 0.6) is 5.75 Å². The standard InChI is InChI=1S/C17H22BrNO3/c1-22-16-7-6-11(8-13(16)18)10-19-14-5-3-2-4-12(14)9-15(19)17(20)21/h6-8,12,14-15H,2-5,9-10H2,1H3,(H,20,21). The Morgan fingerprint density at radius 2 is 2.18 bits per heavy atom. The molecule has 1 saturated carbocycles. The second-order valence-corrected chi connectivity index (χ2v) is 7.20. The van der Waals surface area contributed by atoms with E-state index in [2.05, 4.69) is 20.8 Å². The lowest BCUT2D eigenvalue weighted by atomic mass is 9.84. The van der Waals surface area contributed by atoms with Gasteiger partial charge in [-0.15, -0.1) is 0 Å². The molecule has 2 aliphatic rings. The molecule has 0 spiro atoms. The van der Waals surface area contributed by atoms with E-state index in [1.165, 1.54) is 19.3 Å². The number of halogens is 1. The molecule has 3 unspecified atom stereocenters. The van der Waals surface area contributed by atoms with Gasteiger partial charge in [0.25, 0.3) is 0 Å². The number of likely N-dealkylation sites (tertiary alicyclic amines) is 1. The zero-order chi connectivity index (χ0) is 15.7. The average molecular weight is 368 g/mol. The fourth-order valence-corrected chi connectivity index (χ4v) is 4.63. The van der Waals surface area contributed by atoms with Gasteiger partial charge in [0.15, 0.2) is 0 Å². The number of carboxylic acid groups (broad SMARTS) is 1. The van der Waals surface area contributed by atoms with E-state index < -0.39 is 5.97 Å². The number of carboxylic acids is 1. The minimum atomic E-state index is -0.679. The van der Waals surface area contributed by atoms with Crippen molar-refractivity contribution in [3.63, 3.8) is 0 Å². The van der Waals surface area contributed by atoms with Gasteiger partial charge in [-0.25, -0.2) is 0 Å². The summed E-state index contributed by atoms with van der Waals surface area (Å²) < 4.78 is 6.18. The second-order valence-electron chi connectivity index (χ2n) is 6.34. The first-order valence-corrected chi connectivity index (χ1v) is 8.70. The third kappa shape index (κ3) is 3.01. The van der Waals surface area contributed by atoms with Crippen LogP contribution in [0.15, 0.2) is 22.7 Å². The number of aliphatic carboxylic acids is 1. The predicted octanol–water partition coefficient (Wildman–Crippen LogP) is 3.68. The van der Waals surface area contributed by atoms with Gasteiger partial charge in [0, 0.05) is 12.6 Å². The van der Waals surface area contributed by atoms with E-state index >= 15 is 0 Å². The van der Waals surface area contributed by atoms with E-state index in [1.54, 1.807) is 7.11 Å². The van der Waals surface area contributed by atoms with Gasteiger partial charge >= 0.3 is 5.97 Å². The summed E-state index contributed by atoms with van der Waals surface area (Å²) in [7, 11) is 1.65. The Labute approximate surface area is 139 Å². The SMILES string of the molecule is COc1ccc(CN2C(C(=O)O)CC3CCCCC32)cc1Br. The molecule has 1 aromatic rings. The second kappa shape index (κ2) is 6.59. The number of methoxy groups -OCH3 is 1. The van der Waals surface area contributed by atoms with Crippen LogP contribution in [0.4, 0.5) is 0 Å². The Kier molecular flexibility index (Phi) is 4.73. The summed E-state index contributed by atoms with van der Waals surface area (Å²) in [4.78, 5) is 13.9. The lowest BCUT2D eigenvalue weighted by Gasteiger charge is -2.33. The highest BCUT2D eigenvalue weighted by molar-refractivity contribution is 9.10. The van der Waals surface area contributed by atoms with Crippen molar-refractivity contribution >= 4 is 21.9 Å². The third-order valence-electron chi connectivity index (χ3n) is 5.09. The van der Waals surface area contributed by atoms with Crippen LogP contribution < -0.4 is 4.74 Å². The van der Waals surface area contributed by atoms with Crippen molar-refractivity contribution in [1.29, 1.82) is 0 Å². The van der Waals surface area contributed by atoms with Crippen molar-refractivity contribution in [2.75, 3.05) is 7.11 Å². The number of hydrogen-bond acceptors (Lipinski definition) is 3. The summed E-state index contributed by atoms with van der Waals surface area (Å²) in [6.07, 6.45) is 5.58. The molecule has 2 fully saturated rings. The molecule has 1 N–H and O–H groups in total. The monoisotopic (exact) mass is 367 g/mol. The summed E-state index contributed by atoms with van der Waals surface area (Å²) in [5, 5.41) is 9.57. The molecule has 0 amide bonds. The Balaban J connectivity index is 1.81. The van der Waals surface area contributed by atoms with E-state index in [9.17, 15) is 9.90 Å². The van der Waals surface area contributed by atoms with E-state index in [0.717, 1.165) is 28.6 Å². The van der Waals surface area contributed by atoms with Crippen molar-refractivity contribution in [1.82, 2.24) is 4.90 Å². The smallest absolute Gasteiger partial charge is 0.320 e. The molecular weight excluding hydrogens is 346 g/mol. The zero-order valence-electron chi connectivity index (χ0n) is 12.8. The molecule has 1 aromatic carbocycles. The summed E-state index contributed by atoms with van der Waals surface area (Å²) in [5.41, 5.74) is 1.13. The van der Waals surface area contributed by atoms with Crippen LogP contribution in [0.2, 0.25) is 0 Å². The summed E-state index contributed by atoms with van der Waals surface area (Å²) in [6, 6.07) is 6.08. The van der Waals surface area contributed by atoms with Crippen molar-refractivity contribution in [3.05, 3.63) is 28.2 Å². The van der Waals surface area contributed by atoms with Crippen LogP contribution >= 0.6 is 15.9 Å². The Morgan fingerprint density at radius 1 is 1.41 bits per heavy atom. The van der Waals surface area contributed by atoms with Crippen molar-refractivity contribution in [2.24, 2.45) is 5.92 Å². The molecule has 0 aromatic heterocycles. The maximum absolute atomic E-state index is 11.6. The highest BCUT2D eigenvalue weighted by atomic mass is 79.9. The van der Waals surface area contributed by atoms with Gasteiger partial charge in [0.2, 0.25) is 0 Å². The lowest BCUT2D eigenvalue weighted by Crippen LogP contribution is -2.41. The van der Waals surface area contributed by atoms with Gasteiger partial charge in [0.1, 0.15) is 11.8 Å². The lowest BCUT2D eigenvalue weighted by molar-refractivity contribution is -0.142. The normalized spacial score (nSPS) is 28.4. The van der Waals surface area contributed by atoms with E-state index in [-0.39, 0.29) is 6.04 Å². The number of carbonyl (C=O) groups is 1. The minimum absolute atomic E-state index is 0.339. The molecule has 4 nitrogen and oxygen atoms in total. The van der Waals surface area contributed by atoms with E-state index in [0.29, 0.717) is 18.5 Å². The van der Waals surface area contributed by atoms with Crippen LogP contribution in [0.25, 0.3) is 0 Å². The van der Waals surface area contributed by atoms with Crippen molar-refractivity contribution in [2.45, 2.75) is 50.7 Å². The Hall–Kier alpha value is -1.07. The quantitative estimate of drug-likeness (QED) is 0.881. The average Bonchev–Trinajstić information content (AvgIpc) is 2.87.